The molecule has 0 aromatic heterocycles. The molecule has 0 aliphatic heterocycles. The predicted octanol–water partition coefficient (Wildman–Crippen LogP) is 3.28. The fourth-order valence-electron chi connectivity index (χ4n) is 2.60. The normalized spacial score (nSPS) is 19.6. The smallest absolute Gasteiger partial charge is 0.307 e. The van der Waals surface area contributed by atoms with Crippen molar-refractivity contribution in [2.24, 2.45) is 5.92 Å². The molecule has 0 saturated heterocycles. The van der Waals surface area contributed by atoms with E-state index in [0.717, 1.165) is 12.5 Å². The number of nitrogens with one attached hydrogen (secondary N) is 1. The van der Waals surface area contributed by atoms with Gasteiger partial charge in [-0.05, 0) is 46.5 Å². The van der Waals surface area contributed by atoms with Crippen molar-refractivity contribution in [3.05, 3.63) is 0 Å². The maximum atomic E-state index is 11.6. The number of rotatable bonds is 5. The van der Waals surface area contributed by atoms with E-state index in [-0.39, 0.29) is 11.6 Å². The molecule has 0 heterocycles. The lowest BCUT2D eigenvalue weighted by Gasteiger charge is -2.28. The zero-order valence-electron chi connectivity index (χ0n) is 12.4. The molecule has 0 spiro atoms. The third-order valence-electron chi connectivity index (χ3n) is 3.57. The van der Waals surface area contributed by atoms with Gasteiger partial charge in [-0.3, -0.25) is 4.79 Å². The molecule has 0 aromatic carbocycles. The van der Waals surface area contributed by atoms with E-state index in [0.29, 0.717) is 12.5 Å². The molecular weight excluding hydrogens is 226 g/mol. The number of ether oxygens (including phenoxy) is 1. The van der Waals surface area contributed by atoms with Crippen molar-refractivity contribution in [3.8, 4) is 0 Å². The van der Waals surface area contributed by atoms with Crippen LogP contribution in [0.15, 0.2) is 0 Å². The van der Waals surface area contributed by atoms with Crippen molar-refractivity contribution < 1.29 is 9.53 Å². The van der Waals surface area contributed by atoms with Crippen LogP contribution in [-0.4, -0.2) is 24.2 Å². The Labute approximate surface area is 112 Å². The van der Waals surface area contributed by atoms with Gasteiger partial charge in [0.05, 0.1) is 6.42 Å². The van der Waals surface area contributed by atoms with E-state index in [2.05, 4.69) is 12.2 Å². The zero-order valence-corrected chi connectivity index (χ0v) is 12.4. The summed E-state index contributed by atoms with van der Waals surface area (Å²) in [5.74, 6) is 0.684. The Morgan fingerprint density at radius 1 is 1.28 bits per heavy atom. The Morgan fingerprint density at radius 2 is 1.89 bits per heavy atom. The first-order chi connectivity index (χ1) is 8.38. The largest absolute Gasteiger partial charge is 0.460 e. The number of hydrogen-bond acceptors (Lipinski definition) is 3. The van der Waals surface area contributed by atoms with Gasteiger partial charge < -0.3 is 10.1 Å². The van der Waals surface area contributed by atoms with Gasteiger partial charge in [0.25, 0.3) is 0 Å². The summed E-state index contributed by atoms with van der Waals surface area (Å²) in [4.78, 5) is 11.6. The second-order valence-electron chi connectivity index (χ2n) is 6.48. The number of carbonyl (C=O) groups excluding carboxylic acids is 1. The van der Waals surface area contributed by atoms with Crippen molar-refractivity contribution in [3.63, 3.8) is 0 Å². The minimum atomic E-state index is -0.369. The van der Waals surface area contributed by atoms with Crippen LogP contribution in [0.2, 0.25) is 0 Å². The third-order valence-corrected chi connectivity index (χ3v) is 3.57. The first-order valence-corrected chi connectivity index (χ1v) is 7.34. The molecule has 1 aliphatic carbocycles. The summed E-state index contributed by atoms with van der Waals surface area (Å²) in [6.45, 7) is 8.69. The van der Waals surface area contributed by atoms with Crippen LogP contribution >= 0.6 is 0 Å². The van der Waals surface area contributed by atoms with Crippen LogP contribution in [0.3, 0.4) is 0 Å². The van der Waals surface area contributed by atoms with Crippen molar-refractivity contribution in [2.45, 2.75) is 77.9 Å². The summed E-state index contributed by atoms with van der Waals surface area (Å²) in [6, 6.07) is 0.521. The molecule has 0 radical (unpaired) electrons. The van der Waals surface area contributed by atoms with Crippen LogP contribution < -0.4 is 5.32 Å². The van der Waals surface area contributed by atoms with Gasteiger partial charge in [-0.2, -0.15) is 0 Å². The average molecular weight is 255 g/mol. The molecule has 0 amide bonds. The number of carbonyl (C=O) groups is 1. The second kappa shape index (κ2) is 7.13. The molecule has 1 saturated carbocycles. The Balaban J connectivity index is 2.14. The Hall–Kier alpha value is -0.570. The minimum absolute atomic E-state index is 0.106. The van der Waals surface area contributed by atoms with Gasteiger partial charge >= 0.3 is 5.97 Å². The van der Waals surface area contributed by atoms with E-state index in [1.165, 1.54) is 32.1 Å². The molecule has 3 nitrogen and oxygen atoms in total. The minimum Gasteiger partial charge on any atom is -0.460 e. The highest BCUT2D eigenvalue weighted by molar-refractivity contribution is 5.70. The fraction of sp³-hybridized carbons (Fsp3) is 0.933. The molecule has 1 unspecified atom stereocenters. The van der Waals surface area contributed by atoms with E-state index in [1.807, 2.05) is 20.8 Å². The van der Waals surface area contributed by atoms with Crippen molar-refractivity contribution in [2.75, 3.05) is 6.54 Å². The van der Waals surface area contributed by atoms with Crippen LogP contribution in [0.1, 0.15) is 66.2 Å². The maximum Gasteiger partial charge on any atom is 0.307 e. The first kappa shape index (κ1) is 15.5. The topological polar surface area (TPSA) is 38.3 Å². The Kier molecular flexibility index (Phi) is 6.13. The summed E-state index contributed by atoms with van der Waals surface area (Å²) in [5.41, 5.74) is -0.369. The van der Waals surface area contributed by atoms with Crippen molar-refractivity contribution >= 4 is 5.97 Å². The molecule has 0 bridgehead atoms. The molecule has 1 atom stereocenters. The van der Waals surface area contributed by atoms with Gasteiger partial charge in [0.2, 0.25) is 0 Å². The van der Waals surface area contributed by atoms with Crippen LogP contribution in [-0.2, 0) is 9.53 Å². The maximum absolute atomic E-state index is 11.6. The van der Waals surface area contributed by atoms with E-state index in [1.54, 1.807) is 0 Å². The number of hydrogen-bond donors (Lipinski definition) is 1. The van der Waals surface area contributed by atoms with E-state index < -0.39 is 0 Å². The highest BCUT2D eigenvalue weighted by atomic mass is 16.6. The highest BCUT2D eigenvalue weighted by Gasteiger charge is 2.20. The standard InChI is InChI=1S/C15H29NO2/c1-12(13-8-6-5-7-9-13)16-11-10-14(17)18-15(2,3)4/h12-13,16H,5-11H2,1-4H3. The van der Waals surface area contributed by atoms with Gasteiger partial charge in [0, 0.05) is 12.6 Å². The molecule has 1 rings (SSSR count). The SMILES string of the molecule is CC(NCCC(=O)OC(C)(C)C)C1CCCCC1. The van der Waals surface area contributed by atoms with E-state index >= 15 is 0 Å². The molecular formula is C15H29NO2. The molecule has 3 heteroatoms. The second-order valence-corrected chi connectivity index (χ2v) is 6.48. The summed E-state index contributed by atoms with van der Waals surface area (Å²) < 4.78 is 5.29. The molecule has 106 valence electrons. The molecule has 1 N–H and O–H groups in total. The lowest BCUT2D eigenvalue weighted by Crippen LogP contribution is -2.36. The van der Waals surface area contributed by atoms with Crippen molar-refractivity contribution in [1.82, 2.24) is 5.32 Å². The summed E-state index contributed by atoms with van der Waals surface area (Å²) in [5, 5.41) is 3.47. The van der Waals surface area contributed by atoms with Crippen LogP contribution in [0.4, 0.5) is 0 Å². The van der Waals surface area contributed by atoms with E-state index in [9.17, 15) is 4.79 Å². The third kappa shape index (κ3) is 6.39. The van der Waals surface area contributed by atoms with Crippen LogP contribution in [0.25, 0.3) is 0 Å². The quantitative estimate of drug-likeness (QED) is 0.766. The Bertz CT molecular complexity index is 252. The lowest BCUT2D eigenvalue weighted by atomic mass is 9.84. The van der Waals surface area contributed by atoms with Gasteiger partial charge in [-0.25, -0.2) is 0 Å². The summed E-state index contributed by atoms with van der Waals surface area (Å²) in [6.07, 6.45) is 7.25. The number of esters is 1. The summed E-state index contributed by atoms with van der Waals surface area (Å²) >= 11 is 0. The predicted molar refractivity (Wildman–Crippen MR) is 74.5 cm³/mol. The van der Waals surface area contributed by atoms with Gasteiger partial charge in [0.15, 0.2) is 0 Å². The molecule has 1 aliphatic rings. The highest BCUT2D eigenvalue weighted by Crippen LogP contribution is 2.26. The average Bonchev–Trinajstić information content (AvgIpc) is 2.27. The fourth-order valence-corrected chi connectivity index (χ4v) is 2.60. The monoisotopic (exact) mass is 255 g/mol. The van der Waals surface area contributed by atoms with Gasteiger partial charge in [-0.1, -0.05) is 19.3 Å². The first-order valence-electron chi connectivity index (χ1n) is 7.34. The molecule has 1 fully saturated rings. The molecule has 18 heavy (non-hydrogen) atoms. The Morgan fingerprint density at radius 3 is 2.44 bits per heavy atom. The zero-order chi connectivity index (χ0) is 13.6. The van der Waals surface area contributed by atoms with Crippen molar-refractivity contribution in [1.29, 1.82) is 0 Å². The van der Waals surface area contributed by atoms with Gasteiger partial charge in [0.1, 0.15) is 5.60 Å². The lowest BCUT2D eigenvalue weighted by molar-refractivity contribution is -0.154. The van der Waals surface area contributed by atoms with E-state index in [4.69, 9.17) is 4.74 Å². The van der Waals surface area contributed by atoms with Gasteiger partial charge in [-0.15, -0.1) is 0 Å². The van der Waals surface area contributed by atoms with Crippen LogP contribution in [0.5, 0.6) is 0 Å². The summed E-state index contributed by atoms with van der Waals surface area (Å²) in [7, 11) is 0. The van der Waals surface area contributed by atoms with Crippen LogP contribution in [0, 0.1) is 5.92 Å². The molecule has 0 aromatic rings.